The average Bonchev–Trinajstić information content (AvgIpc) is 2.39. The quantitative estimate of drug-likeness (QED) is 0.638. The van der Waals surface area contributed by atoms with E-state index in [1.165, 1.54) is 0 Å². The van der Waals surface area contributed by atoms with Gasteiger partial charge >= 0.3 is 0 Å². The summed E-state index contributed by atoms with van der Waals surface area (Å²) in [5.41, 5.74) is 7.47. The monoisotopic (exact) mass is 247 g/mol. The van der Waals surface area contributed by atoms with E-state index in [-0.39, 0.29) is 0 Å². The second kappa shape index (κ2) is 7.88. The van der Waals surface area contributed by atoms with Crippen molar-refractivity contribution < 1.29 is 10.2 Å². The van der Waals surface area contributed by atoms with E-state index < -0.39 is 12.2 Å². The highest BCUT2D eigenvalue weighted by Crippen LogP contribution is 2.18. The van der Waals surface area contributed by atoms with Crippen LogP contribution in [0.5, 0.6) is 0 Å². The van der Waals surface area contributed by atoms with Gasteiger partial charge in [0, 0.05) is 0 Å². The van der Waals surface area contributed by atoms with Crippen molar-refractivity contribution in [3.05, 3.63) is 35.4 Å². The van der Waals surface area contributed by atoms with E-state index in [4.69, 9.17) is 12.2 Å². The Kier molecular flexibility index (Phi) is 6.45. The first-order chi connectivity index (χ1) is 8.67. The lowest BCUT2D eigenvalue weighted by Crippen LogP contribution is -2.07. The fourth-order valence-corrected chi connectivity index (χ4v) is 1.86. The second-order valence-corrected chi connectivity index (χ2v) is 4.41. The molecule has 1 rings (SSSR count). The first-order valence-electron chi connectivity index (χ1n) is 6.28. The SMILES string of the molecule is C#CC(O)CCCc1cccc(C(O)CCN)c1. The highest BCUT2D eigenvalue weighted by atomic mass is 16.3. The van der Waals surface area contributed by atoms with Crippen LogP contribution in [0.2, 0.25) is 0 Å². The van der Waals surface area contributed by atoms with Crippen LogP contribution >= 0.6 is 0 Å². The zero-order chi connectivity index (χ0) is 13.4. The molecule has 1 aromatic carbocycles. The topological polar surface area (TPSA) is 66.5 Å². The number of aryl methyl sites for hydroxylation is 1. The van der Waals surface area contributed by atoms with Gasteiger partial charge in [-0.15, -0.1) is 6.42 Å². The van der Waals surface area contributed by atoms with Gasteiger partial charge in [-0.3, -0.25) is 0 Å². The molecule has 0 aliphatic carbocycles. The molecule has 0 bridgehead atoms. The van der Waals surface area contributed by atoms with Crippen molar-refractivity contribution in [3.8, 4) is 12.3 Å². The van der Waals surface area contributed by atoms with Gasteiger partial charge in [0.05, 0.1) is 6.10 Å². The molecule has 0 aromatic heterocycles. The number of rotatable bonds is 7. The Balaban J connectivity index is 2.52. The highest BCUT2D eigenvalue weighted by Gasteiger charge is 2.07. The molecule has 2 unspecified atom stereocenters. The molecule has 98 valence electrons. The summed E-state index contributed by atoms with van der Waals surface area (Å²) in [5, 5.41) is 19.1. The first-order valence-corrected chi connectivity index (χ1v) is 6.28. The maximum atomic E-state index is 9.85. The Morgan fingerprint density at radius 2 is 2.06 bits per heavy atom. The summed E-state index contributed by atoms with van der Waals surface area (Å²) in [6, 6.07) is 7.84. The van der Waals surface area contributed by atoms with Gasteiger partial charge in [-0.25, -0.2) is 0 Å². The predicted molar refractivity (Wildman–Crippen MR) is 72.9 cm³/mol. The van der Waals surface area contributed by atoms with Gasteiger partial charge in [0.1, 0.15) is 6.10 Å². The summed E-state index contributed by atoms with van der Waals surface area (Å²) < 4.78 is 0. The number of aliphatic hydroxyl groups excluding tert-OH is 2. The Bertz CT molecular complexity index is 398. The van der Waals surface area contributed by atoms with Gasteiger partial charge in [0.15, 0.2) is 0 Å². The molecule has 0 aliphatic rings. The normalized spacial score (nSPS) is 13.9. The molecular formula is C15H21NO2. The van der Waals surface area contributed by atoms with E-state index in [9.17, 15) is 10.2 Å². The van der Waals surface area contributed by atoms with Gasteiger partial charge in [-0.05, 0) is 43.4 Å². The summed E-state index contributed by atoms with van der Waals surface area (Å²) in [4.78, 5) is 0. The van der Waals surface area contributed by atoms with Gasteiger partial charge < -0.3 is 15.9 Å². The summed E-state index contributed by atoms with van der Waals surface area (Å²) in [6.07, 6.45) is 6.81. The Hall–Kier alpha value is -1.34. The molecule has 0 radical (unpaired) electrons. The van der Waals surface area contributed by atoms with Crippen LogP contribution in [0.1, 0.15) is 36.5 Å². The van der Waals surface area contributed by atoms with Crippen molar-refractivity contribution in [2.75, 3.05) is 6.54 Å². The number of benzene rings is 1. The minimum Gasteiger partial charge on any atom is -0.388 e. The minimum absolute atomic E-state index is 0.472. The van der Waals surface area contributed by atoms with Crippen LogP contribution in [-0.2, 0) is 6.42 Å². The molecule has 0 heterocycles. The zero-order valence-electron chi connectivity index (χ0n) is 10.5. The predicted octanol–water partition coefficient (Wildman–Crippen LogP) is 1.39. The summed E-state index contributed by atoms with van der Waals surface area (Å²) in [6.45, 7) is 0.472. The molecule has 0 fully saturated rings. The van der Waals surface area contributed by atoms with Crippen LogP contribution in [0.15, 0.2) is 24.3 Å². The summed E-state index contributed by atoms with van der Waals surface area (Å²) in [5.74, 6) is 2.30. The average molecular weight is 247 g/mol. The van der Waals surface area contributed by atoms with Crippen LogP contribution in [0.4, 0.5) is 0 Å². The third-order valence-corrected chi connectivity index (χ3v) is 2.91. The van der Waals surface area contributed by atoms with E-state index >= 15 is 0 Å². The molecule has 0 saturated carbocycles. The van der Waals surface area contributed by atoms with Crippen LogP contribution in [-0.4, -0.2) is 22.9 Å². The molecule has 3 nitrogen and oxygen atoms in total. The Labute approximate surface area is 109 Å². The molecule has 0 aliphatic heterocycles. The summed E-state index contributed by atoms with van der Waals surface area (Å²) >= 11 is 0. The molecule has 0 spiro atoms. The van der Waals surface area contributed by atoms with Crippen molar-refractivity contribution in [1.29, 1.82) is 0 Å². The zero-order valence-corrected chi connectivity index (χ0v) is 10.5. The van der Waals surface area contributed by atoms with Crippen molar-refractivity contribution in [3.63, 3.8) is 0 Å². The molecule has 2 atom stereocenters. The molecule has 0 amide bonds. The fraction of sp³-hybridized carbons (Fsp3) is 0.467. The molecular weight excluding hydrogens is 226 g/mol. The number of hydrogen-bond donors (Lipinski definition) is 3. The first kappa shape index (κ1) is 14.7. The maximum Gasteiger partial charge on any atom is 0.114 e. The molecule has 0 saturated heterocycles. The number of aliphatic hydroxyl groups is 2. The Morgan fingerprint density at radius 3 is 2.72 bits per heavy atom. The van der Waals surface area contributed by atoms with E-state index in [0.29, 0.717) is 19.4 Å². The van der Waals surface area contributed by atoms with Gasteiger partial charge in [-0.2, -0.15) is 0 Å². The van der Waals surface area contributed by atoms with Crippen molar-refractivity contribution >= 4 is 0 Å². The van der Waals surface area contributed by atoms with E-state index in [1.807, 2.05) is 24.3 Å². The van der Waals surface area contributed by atoms with Crippen LogP contribution in [0, 0.1) is 12.3 Å². The van der Waals surface area contributed by atoms with Gasteiger partial charge in [-0.1, -0.05) is 30.2 Å². The second-order valence-electron chi connectivity index (χ2n) is 4.41. The van der Waals surface area contributed by atoms with Crippen molar-refractivity contribution in [2.24, 2.45) is 5.73 Å². The van der Waals surface area contributed by atoms with E-state index in [2.05, 4.69) is 5.92 Å². The lowest BCUT2D eigenvalue weighted by Gasteiger charge is -2.11. The third kappa shape index (κ3) is 4.89. The molecule has 18 heavy (non-hydrogen) atoms. The molecule has 1 aromatic rings. The fourth-order valence-electron chi connectivity index (χ4n) is 1.86. The third-order valence-electron chi connectivity index (χ3n) is 2.91. The molecule has 3 heteroatoms. The smallest absolute Gasteiger partial charge is 0.114 e. The number of terminal acetylenes is 1. The Morgan fingerprint density at radius 1 is 1.28 bits per heavy atom. The minimum atomic E-state index is -0.656. The summed E-state index contributed by atoms with van der Waals surface area (Å²) in [7, 11) is 0. The largest absolute Gasteiger partial charge is 0.388 e. The number of nitrogens with two attached hydrogens (primary N) is 1. The van der Waals surface area contributed by atoms with E-state index in [1.54, 1.807) is 0 Å². The lowest BCUT2D eigenvalue weighted by atomic mass is 10.0. The van der Waals surface area contributed by atoms with E-state index in [0.717, 1.165) is 24.0 Å². The number of hydrogen-bond acceptors (Lipinski definition) is 3. The van der Waals surface area contributed by atoms with Crippen molar-refractivity contribution in [2.45, 2.75) is 37.9 Å². The standard InChI is InChI=1S/C15H21NO2/c1-2-14(17)8-4-6-12-5-3-7-13(11-12)15(18)9-10-16/h1,3,5,7,11,14-15,17-18H,4,6,8-10,16H2. The van der Waals surface area contributed by atoms with Crippen molar-refractivity contribution in [1.82, 2.24) is 0 Å². The van der Waals surface area contributed by atoms with Crippen LogP contribution in [0.3, 0.4) is 0 Å². The van der Waals surface area contributed by atoms with Gasteiger partial charge in [0.25, 0.3) is 0 Å². The highest BCUT2D eigenvalue weighted by molar-refractivity contribution is 5.25. The van der Waals surface area contributed by atoms with Crippen LogP contribution < -0.4 is 5.73 Å². The molecule has 4 N–H and O–H groups in total. The lowest BCUT2D eigenvalue weighted by molar-refractivity contribution is 0.170. The maximum absolute atomic E-state index is 9.85. The van der Waals surface area contributed by atoms with Gasteiger partial charge in [0.2, 0.25) is 0 Å². The van der Waals surface area contributed by atoms with Crippen LogP contribution in [0.25, 0.3) is 0 Å².